The molecule has 0 saturated carbocycles. The molecular formula is C15H20N2O2. The van der Waals surface area contributed by atoms with E-state index in [4.69, 9.17) is 0 Å². The highest BCUT2D eigenvalue weighted by Gasteiger charge is 2.27. The molecule has 0 aromatic heterocycles. The molecule has 2 unspecified atom stereocenters. The summed E-state index contributed by atoms with van der Waals surface area (Å²) in [4.78, 5) is 25.6. The van der Waals surface area contributed by atoms with E-state index >= 15 is 0 Å². The standard InChI is InChI=1S/C15H20N2O2/c1-10-8-16-11(2)15(19)17(9-10)14-6-4-5-13(7-14)12(3)18/h4-7,10-11,16H,8-9H2,1-3H3. The highest BCUT2D eigenvalue weighted by molar-refractivity contribution is 5.99. The van der Waals surface area contributed by atoms with Gasteiger partial charge in [-0.1, -0.05) is 19.1 Å². The van der Waals surface area contributed by atoms with Crippen molar-refractivity contribution in [3.05, 3.63) is 29.8 Å². The number of Topliss-reactive ketones (excluding diaryl/α,β-unsaturated/α-hetero) is 1. The van der Waals surface area contributed by atoms with Crippen molar-refractivity contribution in [1.29, 1.82) is 0 Å². The zero-order valence-electron chi connectivity index (χ0n) is 11.6. The van der Waals surface area contributed by atoms with Crippen LogP contribution in [0.3, 0.4) is 0 Å². The van der Waals surface area contributed by atoms with Gasteiger partial charge in [0.2, 0.25) is 5.91 Å². The van der Waals surface area contributed by atoms with Crippen molar-refractivity contribution < 1.29 is 9.59 Å². The van der Waals surface area contributed by atoms with Gasteiger partial charge in [-0.3, -0.25) is 9.59 Å². The number of hydrogen-bond acceptors (Lipinski definition) is 3. The van der Waals surface area contributed by atoms with Gasteiger partial charge < -0.3 is 10.2 Å². The van der Waals surface area contributed by atoms with Crippen LogP contribution in [0, 0.1) is 5.92 Å². The first-order chi connectivity index (χ1) is 8.99. The van der Waals surface area contributed by atoms with Crippen molar-refractivity contribution >= 4 is 17.4 Å². The summed E-state index contributed by atoms with van der Waals surface area (Å²) in [6.45, 7) is 7.03. The van der Waals surface area contributed by atoms with E-state index in [2.05, 4.69) is 12.2 Å². The molecule has 4 heteroatoms. The second-order valence-electron chi connectivity index (χ2n) is 5.29. The van der Waals surface area contributed by atoms with Crippen molar-refractivity contribution in [1.82, 2.24) is 5.32 Å². The van der Waals surface area contributed by atoms with Crippen LogP contribution in [-0.4, -0.2) is 30.8 Å². The Balaban J connectivity index is 2.34. The van der Waals surface area contributed by atoms with E-state index in [0.29, 0.717) is 18.0 Å². The molecule has 1 aromatic rings. The Morgan fingerprint density at radius 2 is 2.11 bits per heavy atom. The summed E-state index contributed by atoms with van der Waals surface area (Å²) in [5.74, 6) is 0.461. The first-order valence-corrected chi connectivity index (χ1v) is 6.65. The molecule has 1 aliphatic rings. The van der Waals surface area contributed by atoms with Crippen LogP contribution < -0.4 is 10.2 Å². The van der Waals surface area contributed by atoms with Gasteiger partial charge in [0.15, 0.2) is 5.78 Å². The Morgan fingerprint density at radius 3 is 2.79 bits per heavy atom. The highest BCUT2D eigenvalue weighted by Crippen LogP contribution is 2.20. The Labute approximate surface area is 113 Å². The maximum atomic E-state index is 12.4. The van der Waals surface area contributed by atoms with E-state index in [1.807, 2.05) is 19.1 Å². The molecule has 0 radical (unpaired) electrons. The number of benzene rings is 1. The summed E-state index contributed by atoms with van der Waals surface area (Å²) in [6.07, 6.45) is 0. The van der Waals surface area contributed by atoms with Crippen LogP contribution in [0.25, 0.3) is 0 Å². The van der Waals surface area contributed by atoms with Gasteiger partial charge in [0, 0.05) is 24.3 Å². The van der Waals surface area contributed by atoms with Gasteiger partial charge in [0.25, 0.3) is 0 Å². The molecule has 19 heavy (non-hydrogen) atoms. The average molecular weight is 260 g/mol. The molecule has 1 N–H and O–H groups in total. The first kappa shape index (κ1) is 13.7. The SMILES string of the molecule is CC(=O)c1cccc(N2CC(C)CNC(C)C2=O)c1. The zero-order valence-corrected chi connectivity index (χ0v) is 11.6. The van der Waals surface area contributed by atoms with Crippen LogP contribution in [0.5, 0.6) is 0 Å². The van der Waals surface area contributed by atoms with Gasteiger partial charge in [0.1, 0.15) is 0 Å². The molecule has 1 heterocycles. The van der Waals surface area contributed by atoms with Crippen LogP contribution >= 0.6 is 0 Å². The number of amides is 1. The van der Waals surface area contributed by atoms with Crippen LogP contribution in [0.15, 0.2) is 24.3 Å². The molecule has 0 spiro atoms. The van der Waals surface area contributed by atoms with E-state index in [1.165, 1.54) is 6.92 Å². The summed E-state index contributed by atoms with van der Waals surface area (Å²) >= 11 is 0. The van der Waals surface area contributed by atoms with Gasteiger partial charge >= 0.3 is 0 Å². The third-order valence-corrected chi connectivity index (χ3v) is 3.47. The van der Waals surface area contributed by atoms with Crippen LogP contribution in [-0.2, 0) is 4.79 Å². The van der Waals surface area contributed by atoms with E-state index < -0.39 is 0 Å². The molecule has 1 aliphatic heterocycles. The summed E-state index contributed by atoms with van der Waals surface area (Å²) in [5, 5.41) is 3.22. The van der Waals surface area contributed by atoms with Gasteiger partial charge in [-0.2, -0.15) is 0 Å². The van der Waals surface area contributed by atoms with E-state index in [-0.39, 0.29) is 17.7 Å². The van der Waals surface area contributed by atoms with Gasteiger partial charge in [-0.15, -0.1) is 0 Å². The number of ketones is 1. The molecule has 1 fully saturated rings. The fourth-order valence-electron chi connectivity index (χ4n) is 2.29. The summed E-state index contributed by atoms with van der Waals surface area (Å²) in [6, 6.07) is 7.10. The molecule has 0 bridgehead atoms. The molecule has 0 aliphatic carbocycles. The fourth-order valence-corrected chi connectivity index (χ4v) is 2.29. The quantitative estimate of drug-likeness (QED) is 0.826. The highest BCUT2D eigenvalue weighted by atomic mass is 16.2. The number of nitrogens with one attached hydrogen (secondary N) is 1. The lowest BCUT2D eigenvalue weighted by atomic mass is 10.1. The molecule has 4 nitrogen and oxygen atoms in total. The summed E-state index contributed by atoms with van der Waals surface area (Å²) < 4.78 is 0. The lowest BCUT2D eigenvalue weighted by molar-refractivity contribution is -0.119. The monoisotopic (exact) mass is 260 g/mol. The number of hydrogen-bond donors (Lipinski definition) is 1. The minimum Gasteiger partial charge on any atom is -0.311 e. The molecule has 1 aromatic carbocycles. The van der Waals surface area contributed by atoms with Gasteiger partial charge in [-0.05, 0) is 31.9 Å². The average Bonchev–Trinajstić information content (AvgIpc) is 2.52. The maximum Gasteiger partial charge on any atom is 0.243 e. The molecule has 1 saturated heterocycles. The maximum absolute atomic E-state index is 12.4. The Bertz CT molecular complexity index is 499. The molecule has 2 rings (SSSR count). The Hall–Kier alpha value is -1.68. The predicted octanol–water partition coefficient (Wildman–Crippen LogP) is 1.85. The number of nitrogens with zero attached hydrogens (tertiary/aromatic N) is 1. The van der Waals surface area contributed by atoms with Crippen LogP contribution in [0.1, 0.15) is 31.1 Å². The van der Waals surface area contributed by atoms with Crippen LogP contribution in [0.4, 0.5) is 5.69 Å². The van der Waals surface area contributed by atoms with E-state index in [9.17, 15) is 9.59 Å². The summed E-state index contributed by atoms with van der Waals surface area (Å²) in [5.41, 5.74) is 1.45. The Kier molecular flexibility index (Phi) is 4.00. The minimum atomic E-state index is -0.189. The first-order valence-electron chi connectivity index (χ1n) is 6.65. The normalized spacial score (nSPS) is 24.2. The van der Waals surface area contributed by atoms with Gasteiger partial charge in [0.05, 0.1) is 6.04 Å². The largest absolute Gasteiger partial charge is 0.311 e. The number of rotatable bonds is 2. The van der Waals surface area contributed by atoms with E-state index in [0.717, 1.165) is 12.2 Å². The van der Waals surface area contributed by atoms with Crippen molar-refractivity contribution in [2.24, 2.45) is 5.92 Å². The molecule has 1 amide bonds. The lowest BCUT2D eigenvalue weighted by Gasteiger charge is -2.24. The van der Waals surface area contributed by atoms with Crippen molar-refractivity contribution in [3.63, 3.8) is 0 Å². The lowest BCUT2D eigenvalue weighted by Crippen LogP contribution is -2.41. The van der Waals surface area contributed by atoms with Crippen molar-refractivity contribution in [2.45, 2.75) is 26.8 Å². The topological polar surface area (TPSA) is 49.4 Å². The summed E-state index contributed by atoms with van der Waals surface area (Å²) in [7, 11) is 0. The molecular weight excluding hydrogens is 240 g/mol. The van der Waals surface area contributed by atoms with E-state index in [1.54, 1.807) is 17.0 Å². The smallest absolute Gasteiger partial charge is 0.243 e. The number of carbonyl (C=O) groups excluding carboxylic acids is 2. The Morgan fingerprint density at radius 1 is 1.37 bits per heavy atom. The fraction of sp³-hybridized carbons (Fsp3) is 0.467. The molecule has 102 valence electrons. The van der Waals surface area contributed by atoms with Gasteiger partial charge in [-0.25, -0.2) is 0 Å². The number of anilines is 1. The second-order valence-corrected chi connectivity index (χ2v) is 5.29. The minimum absolute atomic E-state index is 0.0170. The second kappa shape index (κ2) is 5.53. The molecule has 2 atom stereocenters. The number of carbonyl (C=O) groups is 2. The van der Waals surface area contributed by atoms with Crippen LogP contribution in [0.2, 0.25) is 0 Å². The van der Waals surface area contributed by atoms with Crippen molar-refractivity contribution in [3.8, 4) is 0 Å². The van der Waals surface area contributed by atoms with Crippen molar-refractivity contribution in [2.75, 3.05) is 18.0 Å². The predicted molar refractivity (Wildman–Crippen MR) is 75.4 cm³/mol. The third-order valence-electron chi connectivity index (χ3n) is 3.47. The third kappa shape index (κ3) is 3.01. The zero-order chi connectivity index (χ0) is 14.0.